The van der Waals surface area contributed by atoms with Crippen LogP contribution in [0.15, 0.2) is 99.6 Å². The number of methoxy groups -OCH3 is 1. The lowest BCUT2D eigenvalue weighted by molar-refractivity contribution is -0.386. The highest BCUT2D eigenvalue weighted by molar-refractivity contribution is 5.68. The van der Waals surface area contributed by atoms with Crippen LogP contribution < -0.4 is 16.0 Å². The van der Waals surface area contributed by atoms with Gasteiger partial charge in [0.25, 0.3) is 0 Å². The molecule has 3 aromatic heterocycles. The van der Waals surface area contributed by atoms with Gasteiger partial charge in [0.15, 0.2) is 0 Å². The molecule has 2 aromatic carbocycles. The Bertz CT molecular complexity index is 1670. The van der Waals surface area contributed by atoms with Crippen molar-refractivity contribution in [3.05, 3.63) is 128 Å². The summed E-state index contributed by atoms with van der Waals surface area (Å²) in [5.74, 6) is 0.602. The van der Waals surface area contributed by atoms with Crippen LogP contribution in [-0.4, -0.2) is 30.9 Å². The van der Waals surface area contributed by atoms with Crippen molar-refractivity contribution in [1.82, 2.24) is 18.9 Å². The SMILES string of the molecule is COc1ccc(Cn2c(=O)c([N+](=O)[O-])c(-c3cnn(-c4ccccc4)c3)n(Cc3ccoc3)c2=O)cc1. The van der Waals surface area contributed by atoms with Crippen molar-refractivity contribution in [2.24, 2.45) is 0 Å². The molecule has 0 spiro atoms. The minimum Gasteiger partial charge on any atom is -0.497 e. The predicted octanol–water partition coefficient (Wildman–Crippen LogP) is 3.47. The van der Waals surface area contributed by atoms with E-state index in [0.29, 0.717) is 22.6 Å². The standard InChI is InChI=1S/C26H21N5O6/c1-36-22-9-7-18(8-10-22)14-29-25(32)24(31(34)35)23(28(26(29)33)15-19-11-12-37-17-19)20-13-27-30(16-20)21-5-3-2-4-6-21/h2-13,16-17H,14-15H2,1H3. The molecule has 0 atom stereocenters. The summed E-state index contributed by atoms with van der Waals surface area (Å²) in [6.07, 6.45) is 5.83. The van der Waals surface area contributed by atoms with Crippen molar-refractivity contribution < 1.29 is 14.1 Å². The maximum atomic E-state index is 13.7. The van der Waals surface area contributed by atoms with Crippen LogP contribution in [0.2, 0.25) is 0 Å². The number of para-hydroxylation sites is 1. The summed E-state index contributed by atoms with van der Waals surface area (Å²) in [5, 5.41) is 16.6. The molecule has 11 heteroatoms. The quantitative estimate of drug-likeness (QED) is 0.236. The van der Waals surface area contributed by atoms with Crippen molar-refractivity contribution in [1.29, 1.82) is 0 Å². The van der Waals surface area contributed by atoms with E-state index in [4.69, 9.17) is 9.15 Å². The Kier molecular flexibility index (Phi) is 6.25. The van der Waals surface area contributed by atoms with Crippen molar-refractivity contribution in [3.63, 3.8) is 0 Å². The van der Waals surface area contributed by atoms with E-state index in [1.54, 1.807) is 36.5 Å². The van der Waals surface area contributed by atoms with Crippen LogP contribution in [0.25, 0.3) is 16.9 Å². The van der Waals surface area contributed by atoms with E-state index in [9.17, 15) is 19.7 Å². The molecule has 3 heterocycles. The van der Waals surface area contributed by atoms with Crippen LogP contribution in [0.1, 0.15) is 11.1 Å². The first kappa shape index (κ1) is 23.5. The number of benzene rings is 2. The third-order valence-electron chi connectivity index (χ3n) is 5.88. The highest BCUT2D eigenvalue weighted by Gasteiger charge is 2.30. The molecular weight excluding hydrogens is 478 g/mol. The number of furan rings is 1. The molecule has 0 unspecified atom stereocenters. The Morgan fingerprint density at radius 2 is 1.70 bits per heavy atom. The second-order valence-corrected chi connectivity index (χ2v) is 8.20. The minimum absolute atomic E-state index is 0.0507. The van der Waals surface area contributed by atoms with Crippen LogP contribution in [0, 0.1) is 10.1 Å². The Labute approximate surface area is 209 Å². The zero-order chi connectivity index (χ0) is 25.9. The molecule has 5 rings (SSSR count). The molecule has 186 valence electrons. The average Bonchev–Trinajstić information content (AvgIpc) is 3.61. The predicted molar refractivity (Wildman–Crippen MR) is 134 cm³/mol. The number of nitro groups is 1. The lowest BCUT2D eigenvalue weighted by Gasteiger charge is -2.15. The van der Waals surface area contributed by atoms with Crippen molar-refractivity contribution in [3.8, 4) is 22.7 Å². The molecule has 5 aromatic rings. The largest absolute Gasteiger partial charge is 0.497 e. The van der Waals surface area contributed by atoms with Crippen molar-refractivity contribution >= 4 is 5.69 Å². The van der Waals surface area contributed by atoms with Gasteiger partial charge in [0.2, 0.25) is 0 Å². The third kappa shape index (κ3) is 4.57. The number of aromatic nitrogens is 4. The molecule has 0 saturated carbocycles. The fourth-order valence-electron chi connectivity index (χ4n) is 4.07. The summed E-state index contributed by atoms with van der Waals surface area (Å²) in [5.41, 5.74) is -0.375. The molecule has 0 radical (unpaired) electrons. The molecule has 0 N–H and O–H groups in total. The van der Waals surface area contributed by atoms with Gasteiger partial charge < -0.3 is 9.15 Å². The second kappa shape index (κ2) is 9.82. The van der Waals surface area contributed by atoms with Crippen molar-refractivity contribution in [2.45, 2.75) is 13.1 Å². The van der Waals surface area contributed by atoms with Gasteiger partial charge in [-0.1, -0.05) is 30.3 Å². The van der Waals surface area contributed by atoms with Crippen molar-refractivity contribution in [2.75, 3.05) is 7.11 Å². The summed E-state index contributed by atoms with van der Waals surface area (Å²) in [4.78, 5) is 38.6. The van der Waals surface area contributed by atoms with Gasteiger partial charge in [0, 0.05) is 17.3 Å². The fourth-order valence-corrected chi connectivity index (χ4v) is 4.07. The van der Waals surface area contributed by atoms with Gasteiger partial charge in [-0.2, -0.15) is 5.10 Å². The van der Waals surface area contributed by atoms with Gasteiger partial charge in [-0.3, -0.25) is 19.5 Å². The maximum Gasteiger partial charge on any atom is 0.358 e. The number of hydrogen-bond donors (Lipinski definition) is 0. The summed E-state index contributed by atoms with van der Waals surface area (Å²) in [6.45, 7) is -0.206. The average molecular weight is 499 g/mol. The number of nitrogens with zero attached hydrogens (tertiary/aromatic N) is 5. The highest BCUT2D eigenvalue weighted by atomic mass is 16.6. The first-order valence-corrected chi connectivity index (χ1v) is 11.2. The molecule has 0 aliphatic heterocycles. The van der Waals surface area contributed by atoms with Gasteiger partial charge in [-0.15, -0.1) is 0 Å². The maximum absolute atomic E-state index is 13.7. The topological polar surface area (TPSA) is 127 Å². The Morgan fingerprint density at radius 3 is 2.35 bits per heavy atom. The van der Waals surface area contributed by atoms with Gasteiger partial charge in [-0.05, 0) is 35.9 Å². The van der Waals surface area contributed by atoms with Gasteiger partial charge >= 0.3 is 16.9 Å². The van der Waals surface area contributed by atoms with Crippen LogP contribution in [0.3, 0.4) is 0 Å². The molecule has 0 bridgehead atoms. The smallest absolute Gasteiger partial charge is 0.358 e. The van der Waals surface area contributed by atoms with Crippen LogP contribution in [0.4, 0.5) is 5.69 Å². The zero-order valence-electron chi connectivity index (χ0n) is 19.7. The zero-order valence-corrected chi connectivity index (χ0v) is 19.7. The molecular formula is C26H21N5O6. The first-order valence-electron chi connectivity index (χ1n) is 11.2. The monoisotopic (exact) mass is 499 g/mol. The summed E-state index contributed by atoms with van der Waals surface area (Å²) < 4.78 is 13.9. The molecule has 0 fully saturated rings. The Morgan fingerprint density at radius 1 is 0.973 bits per heavy atom. The number of ether oxygens (including phenoxy) is 1. The molecule has 0 aliphatic carbocycles. The highest BCUT2D eigenvalue weighted by Crippen LogP contribution is 2.27. The van der Waals surface area contributed by atoms with E-state index >= 15 is 0 Å². The first-order chi connectivity index (χ1) is 18.0. The molecule has 0 saturated heterocycles. The van der Waals surface area contributed by atoms with Crippen LogP contribution in [-0.2, 0) is 13.1 Å². The van der Waals surface area contributed by atoms with E-state index in [-0.39, 0.29) is 24.3 Å². The molecule has 11 nitrogen and oxygen atoms in total. The van der Waals surface area contributed by atoms with E-state index in [1.165, 1.54) is 35.1 Å². The minimum atomic E-state index is -1.00. The van der Waals surface area contributed by atoms with E-state index < -0.39 is 21.9 Å². The summed E-state index contributed by atoms with van der Waals surface area (Å²) >= 11 is 0. The normalized spacial score (nSPS) is 10.9. The van der Waals surface area contributed by atoms with E-state index in [0.717, 1.165) is 4.57 Å². The van der Waals surface area contributed by atoms with E-state index in [2.05, 4.69) is 5.10 Å². The number of rotatable bonds is 8. The summed E-state index contributed by atoms with van der Waals surface area (Å²) in [7, 11) is 1.52. The van der Waals surface area contributed by atoms with Gasteiger partial charge in [-0.25, -0.2) is 14.0 Å². The Balaban J connectivity index is 1.72. The fraction of sp³-hybridized carbons (Fsp3) is 0.115. The van der Waals surface area contributed by atoms with Gasteiger partial charge in [0.1, 0.15) is 11.4 Å². The van der Waals surface area contributed by atoms with Gasteiger partial charge in [0.05, 0.1) is 49.5 Å². The van der Waals surface area contributed by atoms with Crippen LogP contribution >= 0.6 is 0 Å². The van der Waals surface area contributed by atoms with E-state index in [1.807, 2.05) is 30.3 Å². The number of hydrogen-bond acceptors (Lipinski definition) is 7. The van der Waals surface area contributed by atoms with Crippen LogP contribution in [0.5, 0.6) is 5.75 Å². The third-order valence-corrected chi connectivity index (χ3v) is 5.88. The molecule has 37 heavy (non-hydrogen) atoms. The molecule has 0 amide bonds. The second-order valence-electron chi connectivity index (χ2n) is 8.20. The lowest BCUT2D eigenvalue weighted by atomic mass is 10.1. The lowest BCUT2D eigenvalue weighted by Crippen LogP contribution is -2.42. The molecule has 0 aliphatic rings. The summed E-state index contributed by atoms with van der Waals surface area (Å²) in [6, 6.07) is 17.5. The Hall–Kier alpha value is -5.19.